The van der Waals surface area contributed by atoms with Gasteiger partial charge in [0.1, 0.15) is 5.75 Å². The number of hydrogen-bond donors (Lipinski definition) is 1. The maximum Gasteiger partial charge on any atom is 0.208 e. The predicted molar refractivity (Wildman–Crippen MR) is 84.9 cm³/mol. The second-order valence-corrected chi connectivity index (χ2v) is 6.73. The summed E-state index contributed by atoms with van der Waals surface area (Å²) in [5.74, 6) is 0.854. The van der Waals surface area contributed by atoms with Crippen LogP contribution in [0.5, 0.6) is 5.75 Å². The molecule has 7 heteroatoms. The van der Waals surface area contributed by atoms with Gasteiger partial charge in [-0.1, -0.05) is 41.3 Å². The van der Waals surface area contributed by atoms with Gasteiger partial charge in [-0.05, 0) is 6.07 Å². The van der Waals surface area contributed by atoms with Gasteiger partial charge >= 0.3 is 0 Å². The van der Waals surface area contributed by atoms with Gasteiger partial charge in [0.25, 0.3) is 0 Å². The second-order valence-electron chi connectivity index (χ2n) is 4.33. The Morgan fingerprint density at radius 1 is 1.35 bits per heavy atom. The van der Waals surface area contributed by atoms with Crippen LogP contribution in [0.2, 0.25) is 0 Å². The lowest BCUT2D eigenvalue weighted by molar-refractivity contribution is 0.409. The molecule has 0 saturated heterocycles. The quantitative estimate of drug-likeness (QED) is 0.827. The maximum absolute atomic E-state index is 5.91. The van der Waals surface area contributed by atoms with Crippen LogP contribution in [-0.4, -0.2) is 37.9 Å². The Hall–Kier alpha value is -1.31. The molecule has 0 aliphatic heterocycles. The number of methoxy groups -OCH3 is 1. The Bertz CT molecular complexity index is 559. The Labute approximate surface area is 127 Å². The standard InChI is InChI=1S/C13H18N4OS2/c1-17(2)12-15-16-13(20-12)19-11(8-14)9-6-4-5-7-10(9)18-3/h4-7,11H,8,14H2,1-3H3. The van der Waals surface area contributed by atoms with E-state index in [4.69, 9.17) is 10.5 Å². The highest BCUT2D eigenvalue weighted by Crippen LogP contribution is 2.40. The lowest BCUT2D eigenvalue weighted by Crippen LogP contribution is -2.10. The molecule has 0 spiro atoms. The van der Waals surface area contributed by atoms with E-state index in [9.17, 15) is 0 Å². The summed E-state index contributed by atoms with van der Waals surface area (Å²) in [7, 11) is 5.58. The fourth-order valence-electron chi connectivity index (χ4n) is 1.72. The van der Waals surface area contributed by atoms with E-state index in [0.717, 1.165) is 20.8 Å². The van der Waals surface area contributed by atoms with E-state index in [-0.39, 0.29) is 5.25 Å². The number of nitrogens with zero attached hydrogens (tertiary/aromatic N) is 3. The Morgan fingerprint density at radius 3 is 2.70 bits per heavy atom. The summed E-state index contributed by atoms with van der Waals surface area (Å²) in [4.78, 5) is 1.95. The zero-order chi connectivity index (χ0) is 14.5. The van der Waals surface area contributed by atoms with Crippen LogP contribution >= 0.6 is 23.1 Å². The molecule has 0 fully saturated rings. The van der Waals surface area contributed by atoms with Crippen LogP contribution < -0.4 is 15.4 Å². The highest BCUT2D eigenvalue weighted by atomic mass is 32.2. The predicted octanol–water partition coefficient (Wildman–Crippen LogP) is 2.40. The van der Waals surface area contributed by atoms with Crippen LogP contribution in [0.4, 0.5) is 5.13 Å². The molecule has 0 aliphatic carbocycles. The first-order valence-electron chi connectivity index (χ1n) is 6.16. The first kappa shape index (κ1) is 15.1. The summed E-state index contributed by atoms with van der Waals surface area (Å²) >= 11 is 3.19. The molecule has 0 aliphatic rings. The van der Waals surface area contributed by atoms with Crippen LogP contribution in [0.15, 0.2) is 28.6 Å². The lowest BCUT2D eigenvalue weighted by Gasteiger charge is -2.16. The zero-order valence-corrected chi connectivity index (χ0v) is 13.4. The van der Waals surface area contributed by atoms with Crippen molar-refractivity contribution in [1.82, 2.24) is 10.2 Å². The fraction of sp³-hybridized carbons (Fsp3) is 0.385. The van der Waals surface area contributed by atoms with Crippen molar-refractivity contribution in [2.24, 2.45) is 5.73 Å². The number of nitrogens with two attached hydrogens (primary N) is 1. The van der Waals surface area contributed by atoms with Gasteiger partial charge in [0.2, 0.25) is 5.13 Å². The minimum atomic E-state index is 0.106. The number of rotatable bonds is 6. The smallest absolute Gasteiger partial charge is 0.208 e. The largest absolute Gasteiger partial charge is 0.496 e. The van der Waals surface area contributed by atoms with Crippen molar-refractivity contribution in [2.75, 3.05) is 32.6 Å². The normalized spacial score (nSPS) is 12.2. The molecule has 1 aromatic heterocycles. The van der Waals surface area contributed by atoms with E-state index < -0.39 is 0 Å². The van der Waals surface area contributed by atoms with Crippen molar-refractivity contribution in [1.29, 1.82) is 0 Å². The van der Waals surface area contributed by atoms with Crippen molar-refractivity contribution < 1.29 is 4.74 Å². The summed E-state index contributed by atoms with van der Waals surface area (Å²) in [6.45, 7) is 0.516. The van der Waals surface area contributed by atoms with Gasteiger partial charge in [0, 0.05) is 26.2 Å². The molecule has 5 nitrogen and oxygen atoms in total. The molecule has 1 heterocycles. The number of benzene rings is 1. The lowest BCUT2D eigenvalue weighted by atomic mass is 10.1. The van der Waals surface area contributed by atoms with Gasteiger partial charge in [-0.2, -0.15) is 0 Å². The molecule has 108 valence electrons. The molecule has 1 aromatic carbocycles. The third-order valence-electron chi connectivity index (χ3n) is 2.72. The summed E-state index contributed by atoms with van der Waals surface area (Å²) < 4.78 is 6.31. The third-order valence-corrected chi connectivity index (χ3v) is 5.16. The highest BCUT2D eigenvalue weighted by molar-refractivity contribution is 8.01. The van der Waals surface area contributed by atoms with Crippen molar-refractivity contribution in [3.05, 3.63) is 29.8 Å². The maximum atomic E-state index is 5.91. The molecule has 1 unspecified atom stereocenters. The van der Waals surface area contributed by atoms with Crippen molar-refractivity contribution >= 4 is 28.2 Å². The first-order chi connectivity index (χ1) is 9.65. The van der Waals surface area contributed by atoms with Crippen LogP contribution in [0.1, 0.15) is 10.8 Å². The van der Waals surface area contributed by atoms with E-state index in [2.05, 4.69) is 10.2 Å². The number of ether oxygens (including phenoxy) is 1. The zero-order valence-electron chi connectivity index (χ0n) is 11.7. The number of thioether (sulfide) groups is 1. The van der Waals surface area contributed by atoms with Gasteiger partial charge < -0.3 is 15.4 Å². The molecule has 2 aromatic rings. The van der Waals surface area contributed by atoms with Crippen molar-refractivity contribution in [2.45, 2.75) is 9.59 Å². The topological polar surface area (TPSA) is 64.3 Å². The SMILES string of the molecule is COc1ccccc1C(CN)Sc1nnc(N(C)C)s1. The Morgan fingerprint density at radius 2 is 2.10 bits per heavy atom. The summed E-state index contributed by atoms with van der Waals surface area (Å²) in [5, 5.41) is 9.34. The highest BCUT2D eigenvalue weighted by Gasteiger charge is 2.18. The average Bonchev–Trinajstić information content (AvgIpc) is 2.93. The van der Waals surface area contributed by atoms with Gasteiger partial charge in [0.05, 0.1) is 12.4 Å². The minimum absolute atomic E-state index is 0.106. The molecule has 0 bridgehead atoms. The summed E-state index contributed by atoms with van der Waals surface area (Å²) in [6, 6.07) is 7.93. The number of hydrogen-bond acceptors (Lipinski definition) is 7. The summed E-state index contributed by atoms with van der Waals surface area (Å²) in [5.41, 5.74) is 7.00. The van der Waals surface area contributed by atoms with Crippen LogP contribution in [-0.2, 0) is 0 Å². The minimum Gasteiger partial charge on any atom is -0.496 e. The second kappa shape index (κ2) is 6.92. The van der Waals surface area contributed by atoms with Crippen molar-refractivity contribution in [3.8, 4) is 5.75 Å². The number of anilines is 1. The fourth-order valence-corrected chi connectivity index (χ4v) is 3.74. The molecule has 20 heavy (non-hydrogen) atoms. The first-order valence-corrected chi connectivity index (χ1v) is 7.85. The van der Waals surface area contributed by atoms with E-state index in [1.807, 2.05) is 43.3 Å². The number of para-hydroxylation sites is 1. The van der Waals surface area contributed by atoms with E-state index >= 15 is 0 Å². The number of aromatic nitrogens is 2. The van der Waals surface area contributed by atoms with Gasteiger partial charge in [-0.15, -0.1) is 10.2 Å². The Balaban J connectivity index is 2.19. The van der Waals surface area contributed by atoms with Crippen LogP contribution in [0.3, 0.4) is 0 Å². The molecular formula is C13H18N4OS2. The third kappa shape index (κ3) is 3.41. The molecular weight excluding hydrogens is 292 g/mol. The van der Waals surface area contributed by atoms with E-state index in [0.29, 0.717) is 6.54 Å². The summed E-state index contributed by atoms with van der Waals surface area (Å²) in [6.07, 6.45) is 0. The molecule has 0 saturated carbocycles. The molecule has 2 N–H and O–H groups in total. The molecule has 0 radical (unpaired) electrons. The molecule has 1 atom stereocenters. The van der Waals surface area contributed by atoms with Gasteiger partial charge in [-0.25, -0.2) is 0 Å². The van der Waals surface area contributed by atoms with Gasteiger partial charge in [0.15, 0.2) is 4.34 Å². The van der Waals surface area contributed by atoms with E-state index in [1.54, 1.807) is 30.2 Å². The molecule has 2 rings (SSSR count). The van der Waals surface area contributed by atoms with Crippen LogP contribution in [0, 0.1) is 0 Å². The Kier molecular flexibility index (Phi) is 5.22. The van der Waals surface area contributed by atoms with Crippen LogP contribution in [0.25, 0.3) is 0 Å². The monoisotopic (exact) mass is 310 g/mol. The van der Waals surface area contributed by atoms with E-state index in [1.165, 1.54) is 0 Å². The molecule has 0 amide bonds. The van der Waals surface area contributed by atoms with Crippen molar-refractivity contribution in [3.63, 3.8) is 0 Å². The average molecular weight is 310 g/mol. The van der Waals surface area contributed by atoms with Gasteiger partial charge in [-0.3, -0.25) is 0 Å².